The second-order valence-electron chi connectivity index (χ2n) is 4.28. The molecule has 0 spiro atoms. The van der Waals surface area contributed by atoms with E-state index in [0.717, 1.165) is 6.42 Å². The Balaban J connectivity index is 2.64. The highest BCUT2D eigenvalue weighted by atomic mass is 16.4. The molecule has 1 atom stereocenters. The third-order valence-corrected chi connectivity index (χ3v) is 2.73. The molecule has 0 heterocycles. The van der Waals surface area contributed by atoms with Crippen molar-refractivity contribution in [3.63, 3.8) is 0 Å². The number of anilines is 1. The number of hydrogen-bond donors (Lipinski definition) is 4. The quantitative estimate of drug-likeness (QED) is 0.584. The van der Waals surface area contributed by atoms with Gasteiger partial charge in [-0.05, 0) is 31.5 Å². The Morgan fingerprint density at radius 3 is 2.63 bits per heavy atom. The van der Waals surface area contributed by atoms with Crippen LogP contribution in [0.5, 0.6) is 5.75 Å². The van der Waals surface area contributed by atoms with Crippen LogP contribution in [0.15, 0.2) is 18.2 Å². The van der Waals surface area contributed by atoms with Gasteiger partial charge in [0.2, 0.25) is 5.91 Å². The van der Waals surface area contributed by atoms with Gasteiger partial charge in [0.1, 0.15) is 11.3 Å². The zero-order valence-electron chi connectivity index (χ0n) is 10.9. The minimum absolute atomic E-state index is 0.151. The molecule has 104 valence electrons. The van der Waals surface area contributed by atoms with Gasteiger partial charge in [0.05, 0.1) is 6.54 Å². The second kappa shape index (κ2) is 6.75. The summed E-state index contributed by atoms with van der Waals surface area (Å²) in [5.41, 5.74) is 0.0961. The van der Waals surface area contributed by atoms with Gasteiger partial charge in [-0.25, -0.2) is 4.79 Å². The van der Waals surface area contributed by atoms with E-state index in [9.17, 15) is 14.7 Å². The Labute approximate surface area is 111 Å². The van der Waals surface area contributed by atoms with Crippen LogP contribution in [-0.2, 0) is 4.79 Å². The topological polar surface area (TPSA) is 98.7 Å². The monoisotopic (exact) mass is 266 g/mol. The van der Waals surface area contributed by atoms with E-state index in [1.807, 2.05) is 13.8 Å². The number of phenols is 1. The zero-order chi connectivity index (χ0) is 14.4. The molecule has 0 aliphatic heterocycles. The summed E-state index contributed by atoms with van der Waals surface area (Å²) in [4.78, 5) is 22.4. The highest BCUT2D eigenvalue weighted by molar-refractivity contribution is 5.96. The van der Waals surface area contributed by atoms with Gasteiger partial charge in [0, 0.05) is 11.7 Å². The van der Waals surface area contributed by atoms with Crippen LogP contribution in [0.4, 0.5) is 5.69 Å². The van der Waals surface area contributed by atoms with E-state index < -0.39 is 5.97 Å². The average molecular weight is 266 g/mol. The highest BCUT2D eigenvalue weighted by Gasteiger charge is 2.11. The molecule has 1 aromatic rings. The van der Waals surface area contributed by atoms with Crippen molar-refractivity contribution in [1.82, 2.24) is 5.32 Å². The largest absolute Gasteiger partial charge is 0.507 e. The average Bonchev–Trinajstić information content (AvgIpc) is 2.37. The molecule has 0 radical (unpaired) electrons. The van der Waals surface area contributed by atoms with Gasteiger partial charge >= 0.3 is 5.97 Å². The summed E-state index contributed by atoms with van der Waals surface area (Å²) in [6.45, 7) is 4.13. The van der Waals surface area contributed by atoms with E-state index in [2.05, 4.69) is 10.6 Å². The van der Waals surface area contributed by atoms with Crippen LogP contribution >= 0.6 is 0 Å². The Morgan fingerprint density at radius 2 is 2.05 bits per heavy atom. The van der Waals surface area contributed by atoms with E-state index >= 15 is 0 Å². The smallest absolute Gasteiger partial charge is 0.339 e. The summed E-state index contributed by atoms with van der Waals surface area (Å²) < 4.78 is 0. The number of rotatable bonds is 6. The van der Waals surface area contributed by atoms with Gasteiger partial charge in [-0.2, -0.15) is 0 Å². The van der Waals surface area contributed by atoms with Crippen molar-refractivity contribution in [3.05, 3.63) is 23.8 Å². The van der Waals surface area contributed by atoms with E-state index in [4.69, 9.17) is 5.11 Å². The number of aromatic carboxylic acids is 1. The molecule has 0 aromatic heterocycles. The number of carbonyl (C=O) groups is 2. The number of carbonyl (C=O) groups excluding carboxylic acids is 1. The number of aromatic hydroxyl groups is 1. The maximum absolute atomic E-state index is 11.6. The molecular formula is C13H18N2O4. The molecule has 0 saturated heterocycles. The summed E-state index contributed by atoms with van der Waals surface area (Å²) in [7, 11) is 0. The summed E-state index contributed by atoms with van der Waals surface area (Å²) in [5, 5.41) is 23.8. The van der Waals surface area contributed by atoms with Crippen LogP contribution in [0, 0.1) is 0 Å². The van der Waals surface area contributed by atoms with Gasteiger partial charge in [-0.1, -0.05) is 6.92 Å². The fourth-order valence-electron chi connectivity index (χ4n) is 1.40. The third kappa shape index (κ3) is 4.59. The molecule has 4 N–H and O–H groups in total. The lowest BCUT2D eigenvalue weighted by atomic mass is 10.2. The highest BCUT2D eigenvalue weighted by Crippen LogP contribution is 2.21. The first-order chi connectivity index (χ1) is 8.93. The van der Waals surface area contributed by atoms with Crippen LogP contribution in [0.1, 0.15) is 30.6 Å². The maximum atomic E-state index is 11.6. The fraction of sp³-hybridized carbons (Fsp3) is 0.385. The molecule has 6 heteroatoms. The molecule has 0 aliphatic rings. The minimum atomic E-state index is -1.24. The molecule has 1 rings (SSSR count). The lowest BCUT2D eigenvalue weighted by Crippen LogP contribution is -2.33. The standard InChI is InChI=1S/C13H18N2O4/c1-3-8(2)14-7-12(17)15-9-4-5-11(16)10(6-9)13(18)19/h4-6,8,14,16H,3,7H2,1-2H3,(H,15,17)(H,18,19). The van der Waals surface area contributed by atoms with Crippen molar-refractivity contribution in [3.8, 4) is 5.75 Å². The maximum Gasteiger partial charge on any atom is 0.339 e. The molecule has 19 heavy (non-hydrogen) atoms. The fourth-order valence-corrected chi connectivity index (χ4v) is 1.40. The number of carboxylic acid groups (broad SMARTS) is 1. The van der Waals surface area contributed by atoms with Gasteiger partial charge < -0.3 is 20.8 Å². The first-order valence-corrected chi connectivity index (χ1v) is 6.03. The minimum Gasteiger partial charge on any atom is -0.507 e. The second-order valence-corrected chi connectivity index (χ2v) is 4.28. The lowest BCUT2D eigenvalue weighted by molar-refractivity contribution is -0.115. The van der Waals surface area contributed by atoms with Crippen molar-refractivity contribution in [2.45, 2.75) is 26.3 Å². The Hall–Kier alpha value is -2.08. The van der Waals surface area contributed by atoms with Gasteiger partial charge in [0.25, 0.3) is 0 Å². The van der Waals surface area contributed by atoms with E-state index in [0.29, 0.717) is 5.69 Å². The van der Waals surface area contributed by atoms with Crippen LogP contribution in [0.25, 0.3) is 0 Å². The number of benzene rings is 1. The van der Waals surface area contributed by atoms with E-state index in [1.54, 1.807) is 0 Å². The number of amides is 1. The number of carboxylic acids is 1. The Morgan fingerprint density at radius 1 is 1.37 bits per heavy atom. The van der Waals surface area contributed by atoms with Crippen molar-refractivity contribution < 1.29 is 19.8 Å². The van der Waals surface area contributed by atoms with Crippen molar-refractivity contribution >= 4 is 17.6 Å². The SMILES string of the molecule is CCC(C)NCC(=O)Nc1ccc(O)c(C(=O)O)c1. The zero-order valence-corrected chi connectivity index (χ0v) is 10.9. The van der Waals surface area contributed by atoms with E-state index in [-0.39, 0.29) is 29.8 Å². The lowest BCUT2D eigenvalue weighted by Gasteiger charge is -2.11. The van der Waals surface area contributed by atoms with Crippen LogP contribution in [0.2, 0.25) is 0 Å². The molecule has 0 saturated carbocycles. The molecule has 0 aliphatic carbocycles. The summed E-state index contributed by atoms with van der Waals surface area (Å²) in [6, 6.07) is 4.14. The first kappa shape index (κ1) is 15.0. The number of hydrogen-bond acceptors (Lipinski definition) is 4. The van der Waals surface area contributed by atoms with Crippen molar-refractivity contribution in [1.29, 1.82) is 0 Å². The molecule has 0 bridgehead atoms. The molecule has 1 unspecified atom stereocenters. The van der Waals surface area contributed by atoms with Gasteiger partial charge in [0.15, 0.2) is 0 Å². The van der Waals surface area contributed by atoms with Crippen molar-refractivity contribution in [2.75, 3.05) is 11.9 Å². The number of nitrogens with one attached hydrogen (secondary N) is 2. The first-order valence-electron chi connectivity index (χ1n) is 6.03. The normalized spacial score (nSPS) is 11.9. The van der Waals surface area contributed by atoms with Crippen LogP contribution in [-0.4, -0.2) is 34.7 Å². The van der Waals surface area contributed by atoms with Gasteiger partial charge in [-0.15, -0.1) is 0 Å². The summed E-state index contributed by atoms with van der Waals surface area (Å²) in [5.74, 6) is -1.84. The molecule has 1 aromatic carbocycles. The predicted octanol–water partition coefficient (Wildman–Crippen LogP) is 1.42. The third-order valence-electron chi connectivity index (χ3n) is 2.73. The molecule has 0 fully saturated rings. The van der Waals surface area contributed by atoms with Crippen LogP contribution < -0.4 is 10.6 Å². The van der Waals surface area contributed by atoms with Crippen LogP contribution in [0.3, 0.4) is 0 Å². The molecular weight excluding hydrogens is 248 g/mol. The predicted molar refractivity (Wildman–Crippen MR) is 71.5 cm³/mol. The van der Waals surface area contributed by atoms with Crippen molar-refractivity contribution in [2.24, 2.45) is 0 Å². The van der Waals surface area contributed by atoms with Gasteiger partial charge in [-0.3, -0.25) is 4.79 Å². The Bertz CT molecular complexity index is 474. The Kier molecular flexibility index (Phi) is 5.32. The summed E-state index contributed by atoms with van der Waals surface area (Å²) in [6.07, 6.45) is 0.912. The van der Waals surface area contributed by atoms with E-state index in [1.165, 1.54) is 18.2 Å². The summed E-state index contributed by atoms with van der Waals surface area (Å²) >= 11 is 0. The molecule has 6 nitrogen and oxygen atoms in total. The molecule has 1 amide bonds.